The van der Waals surface area contributed by atoms with Crippen molar-refractivity contribution in [3.8, 4) is 0 Å². The van der Waals surface area contributed by atoms with Gasteiger partial charge in [-0.05, 0) is 0 Å². The smallest absolute Gasteiger partial charge is 0.244 e. The molecule has 1 atom stereocenters. The zero-order valence-corrected chi connectivity index (χ0v) is 14.6. The van der Waals surface area contributed by atoms with Gasteiger partial charge in [-0.25, -0.2) is 14.2 Å². The lowest BCUT2D eigenvalue weighted by atomic mass is 10.2. The molecule has 0 aromatic carbocycles. The van der Waals surface area contributed by atoms with Crippen LogP contribution in [0.25, 0.3) is 0 Å². The Bertz CT molecular complexity index is 857. The third-order valence-corrected chi connectivity index (χ3v) is 3.43. The molecule has 0 radical (unpaired) electrons. The Morgan fingerprint density at radius 3 is 1.24 bits per heavy atom. The predicted octanol–water partition coefficient (Wildman–Crippen LogP) is 5.56. The Labute approximate surface area is 166 Å². The molecule has 33 heavy (non-hydrogen) atoms. The third-order valence-electron chi connectivity index (χ3n) is 2.58. The van der Waals surface area contributed by atoms with Crippen LogP contribution in [0, 0.1) is 0 Å². The van der Waals surface area contributed by atoms with E-state index in [0.717, 1.165) is 0 Å². The van der Waals surface area contributed by atoms with Gasteiger partial charge in [0.25, 0.3) is 5.83 Å². The molecule has 0 spiro atoms. The minimum absolute atomic E-state index is 1.24. The monoisotopic (exact) mass is 562 g/mol. The van der Waals surface area contributed by atoms with Gasteiger partial charge in [-0.15, -0.1) is 13.2 Å². The van der Waals surface area contributed by atoms with E-state index in [1.165, 1.54) is 14.2 Å². The number of halogens is 18. The van der Waals surface area contributed by atoms with E-state index in [-0.39, 0.29) is 0 Å². The summed E-state index contributed by atoms with van der Waals surface area (Å²) in [5.41, 5.74) is 0. The lowest BCUT2D eigenvalue weighted by Gasteiger charge is -2.39. The van der Waals surface area contributed by atoms with E-state index in [2.05, 4.69) is 0 Å². The van der Waals surface area contributed by atoms with Gasteiger partial charge in [-0.2, -0.15) is 69.9 Å². The maximum Gasteiger partial charge on any atom is 0.525 e. The standard InChI is InChI=1S/C9F18O5S/c10-1(2(11)12)3(13,14)30-5(16,17)4(15,31-9(24,25)26)6(18,19)32-7(20,21)8(22,23)33(27,28)29. The van der Waals surface area contributed by atoms with Crippen molar-refractivity contribution in [1.82, 2.24) is 0 Å². The van der Waals surface area contributed by atoms with Crippen molar-refractivity contribution in [3.05, 3.63) is 11.9 Å². The van der Waals surface area contributed by atoms with Crippen LogP contribution in [0.2, 0.25) is 0 Å². The van der Waals surface area contributed by atoms with Crippen molar-refractivity contribution in [2.45, 2.75) is 41.9 Å². The largest absolute Gasteiger partial charge is 0.525 e. The summed E-state index contributed by atoms with van der Waals surface area (Å²) in [6.07, 6.45) is -42.5. The Morgan fingerprint density at radius 1 is 0.576 bits per heavy atom. The minimum Gasteiger partial charge on any atom is -0.244 e. The fraction of sp³-hybridized carbons (Fsp3) is 0.778. The zero-order valence-electron chi connectivity index (χ0n) is 13.8. The summed E-state index contributed by atoms with van der Waals surface area (Å²) in [5, 5.41) is -7.60. The average Bonchev–Trinajstić information content (AvgIpc) is 2.48. The van der Waals surface area contributed by atoms with E-state index in [9.17, 15) is 86.9 Å². The summed E-state index contributed by atoms with van der Waals surface area (Å²) < 4.78 is 252. The molecule has 0 aromatic heterocycles. The molecule has 1 unspecified atom stereocenters. The molecule has 0 aromatic rings. The van der Waals surface area contributed by atoms with Gasteiger partial charge in [-0.3, -0.25) is 0 Å². The highest BCUT2D eigenvalue weighted by Gasteiger charge is 2.83. The van der Waals surface area contributed by atoms with E-state index in [1.807, 2.05) is 0 Å². The quantitative estimate of drug-likeness (QED) is 0.258. The highest BCUT2D eigenvalue weighted by Crippen LogP contribution is 2.55. The predicted molar refractivity (Wildman–Crippen MR) is 58.3 cm³/mol. The molecule has 198 valence electrons. The van der Waals surface area contributed by atoms with Gasteiger partial charge in [0.15, 0.2) is 0 Å². The lowest BCUT2D eigenvalue weighted by Crippen LogP contribution is -2.66. The van der Waals surface area contributed by atoms with E-state index in [1.54, 1.807) is 0 Å². The summed E-state index contributed by atoms with van der Waals surface area (Å²) in [7, 11) is -8.10. The van der Waals surface area contributed by atoms with Gasteiger partial charge in [0, 0.05) is 0 Å². The minimum atomic E-state index is -8.10. The summed E-state index contributed by atoms with van der Waals surface area (Å²) in [4.78, 5) is 0. The normalized spacial score (nSPS) is 17.0. The van der Waals surface area contributed by atoms with Crippen LogP contribution in [0.4, 0.5) is 78.5 Å². The van der Waals surface area contributed by atoms with Gasteiger partial charge in [0.05, 0.1) is 0 Å². The fourth-order valence-corrected chi connectivity index (χ4v) is 1.58. The number of rotatable bonds is 10. The number of hydrogen-bond acceptors (Lipinski definition) is 5. The number of ether oxygens (including phenoxy) is 3. The Balaban J connectivity index is 6.78. The molecule has 0 amide bonds. The highest BCUT2D eigenvalue weighted by molar-refractivity contribution is 7.87. The molecule has 0 aliphatic rings. The molecule has 0 saturated carbocycles. The average molecular weight is 562 g/mol. The first-order chi connectivity index (χ1) is 14.0. The molecule has 0 aliphatic carbocycles. The van der Waals surface area contributed by atoms with Gasteiger partial charge in [0.1, 0.15) is 0 Å². The second-order valence-corrected chi connectivity index (χ2v) is 6.33. The van der Waals surface area contributed by atoms with E-state index in [0.29, 0.717) is 0 Å². The van der Waals surface area contributed by atoms with Crippen molar-refractivity contribution in [1.29, 1.82) is 0 Å². The van der Waals surface area contributed by atoms with Crippen LogP contribution in [0.1, 0.15) is 0 Å². The second-order valence-electron chi connectivity index (χ2n) is 4.94. The van der Waals surface area contributed by atoms with Crippen LogP contribution < -0.4 is 0 Å². The SMILES string of the molecule is O=S(=O)(F)C(F)(F)C(F)(F)OC(F)(F)C(F)(OC(F)(F)F)C(F)(F)OC(F)(F)C(F)=C(F)F. The van der Waals surface area contributed by atoms with Gasteiger partial charge in [-0.1, -0.05) is 3.89 Å². The van der Waals surface area contributed by atoms with Gasteiger partial charge >= 0.3 is 58.2 Å². The van der Waals surface area contributed by atoms with Crippen LogP contribution in [0.15, 0.2) is 11.9 Å². The van der Waals surface area contributed by atoms with Crippen LogP contribution in [-0.2, 0) is 24.4 Å². The molecule has 0 saturated heterocycles. The summed E-state index contributed by atoms with van der Waals surface area (Å²) in [5.74, 6) is -12.6. The fourth-order valence-electron chi connectivity index (χ4n) is 1.26. The maximum absolute atomic E-state index is 13.9. The molecule has 24 heteroatoms. The molecule has 0 N–H and O–H groups in total. The molecule has 5 nitrogen and oxygen atoms in total. The van der Waals surface area contributed by atoms with Crippen molar-refractivity contribution in [2.24, 2.45) is 0 Å². The maximum atomic E-state index is 13.9. The molecular weight excluding hydrogens is 562 g/mol. The third kappa shape index (κ3) is 6.26. The first kappa shape index (κ1) is 31.3. The summed E-state index contributed by atoms with van der Waals surface area (Å²) in [6, 6.07) is 0. The molecule has 0 rings (SSSR count). The van der Waals surface area contributed by atoms with E-state index in [4.69, 9.17) is 0 Å². The second kappa shape index (κ2) is 8.51. The summed E-state index contributed by atoms with van der Waals surface area (Å²) in [6.45, 7) is 0. The van der Waals surface area contributed by atoms with Crippen LogP contribution in [-0.4, -0.2) is 50.3 Å². The van der Waals surface area contributed by atoms with Crippen LogP contribution in [0.5, 0.6) is 0 Å². The van der Waals surface area contributed by atoms with Crippen molar-refractivity contribution in [2.75, 3.05) is 0 Å². The molecule has 0 bridgehead atoms. The van der Waals surface area contributed by atoms with E-state index < -0.39 is 64.0 Å². The Hall–Kier alpha value is -1.69. The Morgan fingerprint density at radius 2 is 0.939 bits per heavy atom. The first-order valence-electron chi connectivity index (χ1n) is 6.38. The molecule has 0 fully saturated rings. The molecular formula is C9F18O5S. The van der Waals surface area contributed by atoms with Gasteiger partial charge < -0.3 is 0 Å². The van der Waals surface area contributed by atoms with Gasteiger partial charge in [0.2, 0.25) is 0 Å². The molecule has 0 heterocycles. The highest BCUT2D eigenvalue weighted by atomic mass is 32.3. The topological polar surface area (TPSA) is 61.8 Å². The first-order valence-corrected chi connectivity index (χ1v) is 7.76. The van der Waals surface area contributed by atoms with E-state index >= 15 is 0 Å². The van der Waals surface area contributed by atoms with Crippen molar-refractivity contribution in [3.63, 3.8) is 0 Å². The van der Waals surface area contributed by atoms with Crippen molar-refractivity contribution >= 4 is 10.2 Å². The molecule has 0 aliphatic heterocycles. The summed E-state index contributed by atoms with van der Waals surface area (Å²) >= 11 is 0. The Kier molecular flexibility index (Phi) is 8.08. The zero-order chi connectivity index (χ0) is 27.3. The van der Waals surface area contributed by atoms with Crippen LogP contribution >= 0.6 is 0 Å². The number of hydrogen-bond donors (Lipinski definition) is 0. The number of alkyl halides is 14. The van der Waals surface area contributed by atoms with Crippen LogP contribution in [0.3, 0.4) is 0 Å². The van der Waals surface area contributed by atoms with Crippen molar-refractivity contribution < 1.29 is 101 Å². The lowest BCUT2D eigenvalue weighted by molar-refractivity contribution is -0.570.